The Hall–Kier alpha value is -2.89. The molecule has 0 aromatic carbocycles. The van der Waals surface area contributed by atoms with E-state index in [2.05, 4.69) is 81.5 Å². The van der Waals surface area contributed by atoms with Crippen molar-refractivity contribution in [2.45, 2.75) is 271 Å². The van der Waals surface area contributed by atoms with E-state index in [1.165, 1.54) is 148 Å². The van der Waals surface area contributed by atoms with Gasteiger partial charge in [0.05, 0.1) is 0 Å². The summed E-state index contributed by atoms with van der Waals surface area (Å²) in [6.45, 7) is 6.56. The standard InChI is InChI=1S/C57H100O6/c1-4-7-10-13-16-19-22-25-28-31-34-37-40-43-46-49-55(58)61-52-54(63-57(60)51-48-45-42-39-36-33-30-27-24-21-18-15-12-9-6-3)53-62-56(59)50-47-44-41-38-35-32-29-26-23-20-17-14-11-8-5-2/h18-19,21-22,26-27,29-30,36,39,54H,4-17,20,23-25,28,31-35,37-38,40-53H2,1-3H3/b21-18-,22-19-,29-26-,30-27-,39-36-/t54-/m0/s1. The minimum atomic E-state index is -0.798. The first kappa shape index (κ1) is 60.1. The Morgan fingerprint density at radius 1 is 0.317 bits per heavy atom. The molecule has 0 spiro atoms. The van der Waals surface area contributed by atoms with Crippen LogP contribution < -0.4 is 0 Å². The molecule has 0 bridgehead atoms. The lowest BCUT2D eigenvalue weighted by atomic mass is 10.1. The van der Waals surface area contributed by atoms with Gasteiger partial charge in [-0.25, -0.2) is 0 Å². The summed E-state index contributed by atoms with van der Waals surface area (Å²) in [5.74, 6) is -0.940. The van der Waals surface area contributed by atoms with Gasteiger partial charge in [0.15, 0.2) is 6.10 Å². The lowest BCUT2D eigenvalue weighted by Gasteiger charge is -2.18. The fraction of sp³-hybridized carbons (Fsp3) is 0.772. The van der Waals surface area contributed by atoms with Crippen molar-refractivity contribution < 1.29 is 28.6 Å². The van der Waals surface area contributed by atoms with Crippen molar-refractivity contribution in [1.82, 2.24) is 0 Å². The molecular formula is C57H100O6. The maximum absolute atomic E-state index is 12.8. The number of carbonyl (C=O) groups is 3. The van der Waals surface area contributed by atoms with Crippen LogP contribution in [0.2, 0.25) is 0 Å². The lowest BCUT2D eigenvalue weighted by molar-refractivity contribution is -0.167. The Balaban J connectivity index is 4.45. The smallest absolute Gasteiger partial charge is 0.306 e. The fourth-order valence-corrected chi connectivity index (χ4v) is 7.38. The second-order valence-corrected chi connectivity index (χ2v) is 17.8. The summed E-state index contributed by atoms with van der Waals surface area (Å²) in [6.07, 6.45) is 63.4. The minimum absolute atomic E-state index is 0.0939. The fourth-order valence-electron chi connectivity index (χ4n) is 7.38. The molecule has 0 N–H and O–H groups in total. The zero-order valence-electron chi connectivity index (χ0n) is 41.6. The van der Waals surface area contributed by atoms with Crippen molar-refractivity contribution >= 4 is 17.9 Å². The average Bonchev–Trinajstić information content (AvgIpc) is 3.28. The summed E-state index contributed by atoms with van der Waals surface area (Å²) in [6, 6.07) is 0. The van der Waals surface area contributed by atoms with Crippen LogP contribution in [0.15, 0.2) is 60.8 Å². The highest BCUT2D eigenvalue weighted by Crippen LogP contribution is 2.14. The van der Waals surface area contributed by atoms with Crippen molar-refractivity contribution in [2.75, 3.05) is 13.2 Å². The van der Waals surface area contributed by atoms with Gasteiger partial charge in [-0.05, 0) is 109 Å². The topological polar surface area (TPSA) is 78.9 Å². The maximum atomic E-state index is 12.8. The average molecular weight is 881 g/mol. The van der Waals surface area contributed by atoms with Crippen molar-refractivity contribution in [2.24, 2.45) is 0 Å². The summed E-state index contributed by atoms with van der Waals surface area (Å²) in [7, 11) is 0. The number of hydrogen-bond donors (Lipinski definition) is 0. The number of ether oxygens (including phenoxy) is 3. The first-order chi connectivity index (χ1) is 31.0. The van der Waals surface area contributed by atoms with Gasteiger partial charge in [0.1, 0.15) is 13.2 Å². The molecule has 63 heavy (non-hydrogen) atoms. The number of rotatable bonds is 48. The molecule has 0 saturated heterocycles. The first-order valence-corrected chi connectivity index (χ1v) is 26.8. The van der Waals surface area contributed by atoms with E-state index in [0.29, 0.717) is 19.3 Å². The van der Waals surface area contributed by atoms with Crippen molar-refractivity contribution in [3.8, 4) is 0 Å². The highest BCUT2D eigenvalue weighted by atomic mass is 16.6. The van der Waals surface area contributed by atoms with E-state index in [4.69, 9.17) is 14.2 Å². The molecular weight excluding hydrogens is 781 g/mol. The predicted molar refractivity (Wildman–Crippen MR) is 270 cm³/mol. The van der Waals surface area contributed by atoms with Gasteiger partial charge in [0.2, 0.25) is 0 Å². The third kappa shape index (κ3) is 50.0. The van der Waals surface area contributed by atoms with Crippen LogP contribution in [0.1, 0.15) is 265 Å². The Bertz CT molecular complexity index is 1150. The molecule has 0 fully saturated rings. The number of allylic oxidation sites excluding steroid dienone is 10. The SMILES string of the molecule is CCCCC/C=C\C/C=C\C/C=C\CCCCC(=O)O[C@H](COC(=O)CCCCCCC/C=C\CCCCCCCC)COC(=O)CCCCCCCCC/C=C\CCCCCC. The molecule has 0 unspecified atom stereocenters. The van der Waals surface area contributed by atoms with Crippen LogP contribution in [0.3, 0.4) is 0 Å². The molecule has 6 heteroatoms. The quantitative estimate of drug-likeness (QED) is 0.0262. The zero-order valence-corrected chi connectivity index (χ0v) is 41.6. The molecule has 0 rings (SSSR count). The van der Waals surface area contributed by atoms with E-state index in [0.717, 1.165) is 70.6 Å². The van der Waals surface area contributed by atoms with E-state index in [1.54, 1.807) is 0 Å². The minimum Gasteiger partial charge on any atom is -0.462 e. The predicted octanol–water partition coefficient (Wildman–Crippen LogP) is 17.6. The van der Waals surface area contributed by atoms with Gasteiger partial charge in [-0.15, -0.1) is 0 Å². The first-order valence-electron chi connectivity index (χ1n) is 26.8. The summed E-state index contributed by atoms with van der Waals surface area (Å²) < 4.78 is 16.8. The van der Waals surface area contributed by atoms with Crippen LogP contribution in [0.4, 0.5) is 0 Å². The molecule has 1 atom stereocenters. The van der Waals surface area contributed by atoms with Gasteiger partial charge in [-0.3, -0.25) is 14.4 Å². The highest BCUT2D eigenvalue weighted by Gasteiger charge is 2.19. The van der Waals surface area contributed by atoms with Gasteiger partial charge in [-0.1, -0.05) is 197 Å². The maximum Gasteiger partial charge on any atom is 0.306 e. The molecule has 0 aliphatic carbocycles. The third-order valence-corrected chi connectivity index (χ3v) is 11.5. The second-order valence-electron chi connectivity index (χ2n) is 17.8. The lowest BCUT2D eigenvalue weighted by Crippen LogP contribution is -2.30. The molecule has 0 aliphatic heterocycles. The summed E-state index contributed by atoms with van der Waals surface area (Å²) in [5.41, 5.74) is 0. The monoisotopic (exact) mass is 881 g/mol. The molecule has 0 heterocycles. The molecule has 6 nitrogen and oxygen atoms in total. The van der Waals surface area contributed by atoms with Crippen LogP contribution >= 0.6 is 0 Å². The highest BCUT2D eigenvalue weighted by molar-refractivity contribution is 5.71. The van der Waals surface area contributed by atoms with Crippen LogP contribution in [0.25, 0.3) is 0 Å². The van der Waals surface area contributed by atoms with Gasteiger partial charge in [0, 0.05) is 19.3 Å². The number of esters is 3. The Labute approximate surface area is 390 Å². The van der Waals surface area contributed by atoms with E-state index in [1.807, 2.05) is 0 Å². The zero-order chi connectivity index (χ0) is 45.8. The van der Waals surface area contributed by atoms with Crippen molar-refractivity contribution in [1.29, 1.82) is 0 Å². The second kappa shape index (κ2) is 51.7. The van der Waals surface area contributed by atoms with Crippen LogP contribution in [0, 0.1) is 0 Å². The van der Waals surface area contributed by atoms with Crippen molar-refractivity contribution in [3.63, 3.8) is 0 Å². The third-order valence-electron chi connectivity index (χ3n) is 11.5. The number of carbonyl (C=O) groups excluding carboxylic acids is 3. The molecule has 0 amide bonds. The molecule has 0 aromatic rings. The molecule has 364 valence electrons. The molecule has 0 aromatic heterocycles. The van der Waals surface area contributed by atoms with E-state index >= 15 is 0 Å². The van der Waals surface area contributed by atoms with Gasteiger partial charge in [-0.2, -0.15) is 0 Å². The van der Waals surface area contributed by atoms with Crippen LogP contribution in [-0.4, -0.2) is 37.2 Å². The summed E-state index contributed by atoms with van der Waals surface area (Å²) in [4.78, 5) is 38.0. The van der Waals surface area contributed by atoms with Gasteiger partial charge < -0.3 is 14.2 Å². The number of unbranched alkanes of at least 4 members (excludes halogenated alkanes) is 27. The Morgan fingerprint density at radius 2 is 0.571 bits per heavy atom. The van der Waals surface area contributed by atoms with E-state index < -0.39 is 6.10 Å². The van der Waals surface area contributed by atoms with Crippen LogP contribution in [-0.2, 0) is 28.6 Å². The largest absolute Gasteiger partial charge is 0.462 e. The van der Waals surface area contributed by atoms with Gasteiger partial charge >= 0.3 is 17.9 Å². The summed E-state index contributed by atoms with van der Waals surface area (Å²) in [5, 5.41) is 0. The van der Waals surface area contributed by atoms with Crippen molar-refractivity contribution in [3.05, 3.63) is 60.8 Å². The number of hydrogen-bond acceptors (Lipinski definition) is 6. The Kier molecular flexibility index (Phi) is 49.4. The van der Waals surface area contributed by atoms with Gasteiger partial charge in [0.25, 0.3) is 0 Å². The normalized spacial score (nSPS) is 12.5. The molecule has 0 aliphatic rings. The van der Waals surface area contributed by atoms with E-state index in [9.17, 15) is 14.4 Å². The molecule has 0 saturated carbocycles. The molecule has 0 radical (unpaired) electrons. The Morgan fingerprint density at radius 3 is 0.984 bits per heavy atom. The van der Waals surface area contributed by atoms with E-state index in [-0.39, 0.29) is 37.5 Å². The van der Waals surface area contributed by atoms with Crippen LogP contribution in [0.5, 0.6) is 0 Å². The summed E-state index contributed by atoms with van der Waals surface area (Å²) >= 11 is 0.